The van der Waals surface area contributed by atoms with E-state index in [0.717, 1.165) is 4.31 Å². The second-order valence-electron chi connectivity index (χ2n) is 5.66. The molecule has 0 bridgehead atoms. The van der Waals surface area contributed by atoms with Crippen LogP contribution in [0, 0.1) is 5.92 Å². The van der Waals surface area contributed by atoms with E-state index >= 15 is 0 Å². The number of carbonyl (C=O) groups excluding carboxylic acids is 1. The van der Waals surface area contributed by atoms with Crippen molar-refractivity contribution in [3.05, 3.63) is 16.3 Å². The average Bonchev–Trinajstić information content (AvgIpc) is 3.06. The Balaban J connectivity index is 1.85. The highest BCUT2D eigenvalue weighted by atomic mass is 32.2. The van der Waals surface area contributed by atoms with E-state index in [0.29, 0.717) is 25.5 Å². The molecule has 2 rings (SSSR count). The predicted octanol–water partition coefficient (Wildman–Crippen LogP) is -1.95. The van der Waals surface area contributed by atoms with Gasteiger partial charge in [0, 0.05) is 32.9 Å². The summed E-state index contributed by atoms with van der Waals surface area (Å²) in [7, 11) is -0.404. The third-order valence-corrected chi connectivity index (χ3v) is 5.63. The van der Waals surface area contributed by atoms with Crippen LogP contribution in [0.1, 0.15) is 12.2 Å². The molecule has 0 spiro atoms. The second kappa shape index (κ2) is 7.23. The van der Waals surface area contributed by atoms with Crippen molar-refractivity contribution in [3.8, 4) is 0 Å². The molecule has 23 heavy (non-hydrogen) atoms. The first-order chi connectivity index (χ1) is 10.8. The lowest BCUT2D eigenvalue weighted by Crippen LogP contribution is -2.43. The zero-order chi connectivity index (χ0) is 17.0. The lowest BCUT2D eigenvalue weighted by molar-refractivity contribution is -0.122. The van der Waals surface area contributed by atoms with Gasteiger partial charge < -0.3 is 10.1 Å². The van der Waals surface area contributed by atoms with Crippen LogP contribution in [0.5, 0.6) is 0 Å². The molecule has 0 saturated carbocycles. The molecule has 1 fully saturated rings. The van der Waals surface area contributed by atoms with Crippen LogP contribution in [-0.4, -0.2) is 72.9 Å². The Labute approximate surface area is 133 Å². The number of ether oxygens (including phenoxy) is 1. The molecule has 1 aliphatic heterocycles. The molecule has 11 heteroatoms. The van der Waals surface area contributed by atoms with Gasteiger partial charge in [-0.3, -0.25) is 9.78 Å². The maximum absolute atomic E-state index is 12.0. The summed E-state index contributed by atoms with van der Waals surface area (Å²) in [6.07, 6.45) is 0.434. The number of nitrogens with zero attached hydrogens (tertiary/aromatic N) is 2. The fraction of sp³-hybridized carbons (Fsp3) is 0.750. The SMILES string of the molecule is CN(C)S(=O)(=O)C[C@@H]1COC[C@H]1NC(=O)CCc1n[nH]c(=O)[nH]1. The van der Waals surface area contributed by atoms with Gasteiger partial charge in [-0.15, -0.1) is 0 Å². The van der Waals surface area contributed by atoms with Crippen molar-refractivity contribution in [1.29, 1.82) is 0 Å². The number of hydrogen-bond acceptors (Lipinski definition) is 6. The lowest BCUT2D eigenvalue weighted by Gasteiger charge is -2.20. The average molecular weight is 347 g/mol. The Morgan fingerprint density at radius 2 is 2.17 bits per heavy atom. The van der Waals surface area contributed by atoms with Crippen molar-refractivity contribution in [3.63, 3.8) is 0 Å². The van der Waals surface area contributed by atoms with Gasteiger partial charge in [-0.1, -0.05) is 0 Å². The number of hydrogen-bond donors (Lipinski definition) is 3. The molecule has 3 N–H and O–H groups in total. The van der Waals surface area contributed by atoms with Crippen LogP contribution in [0.2, 0.25) is 0 Å². The number of aromatic amines is 2. The molecule has 1 saturated heterocycles. The largest absolute Gasteiger partial charge is 0.379 e. The highest BCUT2D eigenvalue weighted by Gasteiger charge is 2.34. The minimum absolute atomic E-state index is 0.0718. The molecule has 1 aromatic heterocycles. The number of carbonyl (C=O) groups is 1. The maximum atomic E-state index is 12.0. The van der Waals surface area contributed by atoms with E-state index in [1.165, 1.54) is 14.1 Å². The minimum atomic E-state index is -3.35. The third kappa shape index (κ3) is 4.88. The van der Waals surface area contributed by atoms with Gasteiger partial charge in [-0.2, -0.15) is 5.10 Å². The maximum Gasteiger partial charge on any atom is 0.340 e. The molecule has 130 valence electrons. The summed E-state index contributed by atoms with van der Waals surface area (Å²) < 4.78 is 30.4. The van der Waals surface area contributed by atoms with Crippen molar-refractivity contribution in [1.82, 2.24) is 24.8 Å². The molecule has 0 unspecified atom stereocenters. The van der Waals surface area contributed by atoms with Crippen molar-refractivity contribution in [2.45, 2.75) is 18.9 Å². The quantitative estimate of drug-likeness (QED) is 0.524. The standard InChI is InChI=1S/C12H21N5O5S/c1-17(2)23(20,21)7-8-5-22-6-9(8)13-11(18)4-3-10-14-12(19)16-15-10/h8-9H,3-7H2,1-2H3,(H,13,18)(H2,14,15,16,19)/t8-,9+/m0/s1. The van der Waals surface area contributed by atoms with Crippen molar-refractivity contribution >= 4 is 15.9 Å². The molecular weight excluding hydrogens is 326 g/mol. The fourth-order valence-electron chi connectivity index (χ4n) is 2.28. The Morgan fingerprint density at radius 1 is 1.43 bits per heavy atom. The zero-order valence-corrected chi connectivity index (χ0v) is 13.9. The molecular formula is C12H21N5O5S. The zero-order valence-electron chi connectivity index (χ0n) is 13.0. The summed E-state index contributed by atoms with van der Waals surface area (Å²) in [4.78, 5) is 25.3. The summed E-state index contributed by atoms with van der Waals surface area (Å²) in [5, 5.41) is 8.74. The number of amides is 1. The van der Waals surface area contributed by atoms with Crippen molar-refractivity contribution < 1.29 is 17.9 Å². The van der Waals surface area contributed by atoms with Gasteiger partial charge >= 0.3 is 5.69 Å². The lowest BCUT2D eigenvalue weighted by atomic mass is 10.1. The number of rotatable bonds is 7. The molecule has 1 aliphatic rings. The van der Waals surface area contributed by atoms with Crippen LogP contribution < -0.4 is 11.0 Å². The molecule has 0 aliphatic carbocycles. The summed E-state index contributed by atoms with van der Waals surface area (Å²) in [6, 6.07) is -0.338. The van der Waals surface area contributed by atoms with Gasteiger partial charge in [0.25, 0.3) is 0 Å². The monoisotopic (exact) mass is 347 g/mol. The van der Waals surface area contributed by atoms with E-state index in [2.05, 4.69) is 20.5 Å². The van der Waals surface area contributed by atoms with Crippen LogP contribution in [0.4, 0.5) is 0 Å². The van der Waals surface area contributed by atoms with Gasteiger partial charge in [0.1, 0.15) is 5.82 Å². The van der Waals surface area contributed by atoms with Gasteiger partial charge in [-0.05, 0) is 0 Å². The number of nitrogens with one attached hydrogen (secondary N) is 3. The predicted molar refractivity (Wildman–Crippen MR) is 81.2 cm³/mol. The van der Waals surface area contributed by atoms with E-state index in [1.807, 2.05) is 0 Å². The smallest absolute Gasteiger partial charge is 0.340 e. The summed E-state index contributed by atoms with van der Waals surface area (Å²) >= 11 is 0. The third-order valence-electron chi connectivity index (χ3n) is 3.66. The molecule has 0 radical (unpaired) electrons. The van der Waals surface area contributed by atoms with E-state index in [9.17, 15) is 18.0 Å². The normalized spacial score (nSPS) is 21.7. The van der Waals surface area contributed by atoms with Crippen LogP contribution in [0.25, 0.3) is 0 Å². The highest BCUT2D eigenvalue weighted by Crippen LogP contribution is 2.17. The Morgan fingerprint density at radius 3 is 2.78 bits per heavy atom. The highest BCUT2D eigenvalue weighted by molar-refractivity contribution is 7.89. The van der Waals surface area contributed by atoms with Crippen molar-refractivity contribution in [2.24, 2.45) is 5.92 Å². The summed E-state index contributed by atoms with van der Waals surface area (Å²) in [5.41, 5.74) is -0.418. The molecule has 1 aromatic rings. The fourth-order valence-corrected chi connectivity index (χ4v) is 3.44. The molecule has 10 nitrogen and oxygen atoms in total. The Hall–Kier alpha value is -1.72. The number of aromatic nitrogens is 3. The first-order valence-electron chi connectivity index (χ1n) is 7.19. The van der Waals surface area contributed by atoms with Crippen LogP contribution >= 0.6 is 0 Å². The molecule has 1 amide bonds. The van der Waals surface area contributed by atoms with Gasteiger partial charge in [0.15, 0.2) is 0 Å². The Bertz CT molecular complexity index is 695. The first kappa shape index (κ1) is 17.6. The van der Waals surface area contributed by atoms with E-state index in [-0.39, 0.29) is 30.0 Å². The van der Waals surface area contributed by atoms with Gasteiger partial charge in [-0.25, -0.2) is 22.6 Å². The van der Waals surface area contributed by atoms with Crippen LogP contribution in [0.3, 0.4) is 0 Å². The van der Waals surface area contributed by atoms with Crippen LogP contribution in [-0.2, 0) is 26.0 Å². The van der Waals surface area contributed by atoms with Crippen molar-refractivity contribution in [2.75, 3.05) is 33.1 Å². The number of H-pyrrole nitrogens is 2. The number of sulfonamides is 1. The minimum Gasteiger partial charge on any atom is -0.379 e. The molecule has 2 heterocycles. The van der Waals surface area contributed by atoms with Gasteiger partial charge in [0.05, 0.1) is 25.0 Å². The summed E-state index contributed by atoms with van der Waals surface area (Å²) in [5.74, 6) is -0.190. The Kier molecular flexibility index (Phi) is 5.55. The van der Waals surface area contributed by atoms with Crippen LogP contribution in [0.15, 0.2) is 4.79 Å². The summed E-state index contributed by atoms with van der Waals surface area (Å²) in [6.45, 7) is 0.587. The van der Waals surface area contributed by atoms with Gasteiger partial charge in [0.2, 0.25) is 15.9 Å². The van der Waals surface area contributed by atoms with E-state index < -0.39 is 15.7 Å². The van der Waals surface area contributed by atoms with E-state index in [1.54, 1.807) is 0 Å². The first-order valence-corrected chi connectivity index (χ1v) is 8.79. The number of aryl methyl sites for hydroxylation is 1. The second-order valence-corrected chi connectivity index (χ2v) is 7.88. The van der Waals surface area contributed by atoms with E-state index in [4.69, 9.17) is 4.74 Å². The molecule has 0 aromatic carbocycles. The molecule has 2 atom stereocenters. The topological polar surface area (TPSA) is 137 Å².